The Kier molecular flexibility index (Phi) is 11.9. The quantitative estimate of drug-likeness (QED) is 0.159. The fraction of sp³-hybridized carbons (Fsp3) is 0. The lowest BCUT2D eigenvalue weighted by atomic mass is 9.81. The minimum absolute atomic E-state index is 0. The van der Waals surface area contributed by atoms with E-state index in [-0.39, 0.29) is 4.70 Å². The molecule has 0 amide bonds. The third kappa shape index (κ3) is 7.89. The van der Waals surface area contributed by atoms with E-state index in [1.54, 1.807) is 11.3 Å². The van der Waals surface area contributed by atoms with Gasteiger partial charge in [-0.2, -0.15) is 0 Å². The minimum Gasteiger partial charge on any atom is -0.423 e. The molecule has 0 atom stereocenters. The van der Waals surface area contributed by atoms with Crippen LogP contribution < -0.4 is 4.78 Å². The van der Waals surface area contributed by atoms with Crippen LogP contribution in [0.1, 0.15) is 0 Å². The van der Waals surface area contributed by atoms with Crippen LogP contribution in [0.5, 0.6) is 0 Å². The van der Waals surface area contributed by atoms with Crippen molar-refractivity contribution in [3.63, 3.8) is 0 Å². The van der Waals surface area contributed by atoms with Gasteiger partial charge < -0.3 is 10.0 Å². The van der Waals surface area contributed by atoms with Gasteiger partial charge in [0.2, 0.25) is 0 Å². The molecular weight excluding hydrogens is 734 g/mol. The largest absolute Gasteiger partial charge is 0.499 e. The van der Waals surface area contributed by atoms with Crippen LogP contribution in [0.4, 0.5) is 4.70 Å². The molecule has 0 radical (unpaired) electrons. The summed E-state index contributed by atoms with van der Waals surface area (Å²) in [6.07, 6.45) is 0. The minimum atomic E-state index is -1.52. The Bertz CT molecular complexity index is 2280. The second kappa shape index (κ2) is 16.9. The zero-order chi connectivity index (χ0) is 34.3. The lowest BCUT2D eigenvalue weighted by Crippen LogP contribution is -2.28. The van der Waals surface area contributed by atoms with Gasteiger partial charge in [-0.25, -0.2) is 0 Å². The van der Waals surface area contributed by atoms with Gasteiger partial charge in [0.25, 0.3) is 0 Å². The van der Waals surface area contributed by atoms with Crippen LogP contribution in [0.3, 0.4) is 0 Å². The van der Waals surface area contributed by atoms with E-state index in [0.717, 1.165) is 32.7 Å². The van der Waals surface area contributed by atoms with Gasteiger partial charge in [-0.1, -0.05) is 182 Å². The molecular formula is C44H33BBrFO2S2. The van der Waals surface area contributed by atoms with Crippen molar-refractivity contribution in [2.75, 3.05) is 0 Å². The monoisotopic (exact) mass is 766 g/mol. The van der Waals surface area contributed by atoms with Crippen LogP contribution in [-0.4, -0.2) is 17.2 Å². The third-order valence-corrected chi connectivity index (χ3v) is 11.5. The van der Waals surface area contributed by atoms with E-state index in [2.05, 4.69) is 131 Å². The maximum Gasteiger partial charge on any atom is 0.499 e. The molecule has 8 aromatic rings. The van der Waals surface area contributed by atoms with Crippen molar-refractivity contribution in [1.82, 2.24) is 0 Å². The van der Waals surface area contributed by atoms with Gasteiger partial charge in [-0.05, 0) is 49.3 Å². The van der Waals surface area contributed by atoms with E-state index < -0.39 is 7.12 Å². The lowest BCUT2D eigenvalue weighted by Gasteiger charge is -2.10. The Morgan fingerprint density at radius 1 is 0.353 bits per heavy atom. The van der Waals surface area contributed by atoms with Crippen molar-refractivity contribution in [1.29, 1.82) is 0 Å². The van der Waals surface area contributed by atoms with E-state index in [1.807, 2.05) is 66.7 Å². The van der Waals surface area contributed by atoms with Crippen LogP contribution in [0.15, 0.2) is 186 Å². The predicted molar refractivity (Wildman–Crippen MR) is 221 cm³/mol. The van der Waals surface area contributed by atoms with Crippen LogP contribution in [0.2, 0.25) is 0 Å². The lowest BCUT2D eigenvalue weighted by molar-refractivity contribution is 0.427. The van der Waals surface area contributed by atoms with Crippen LogP contribution in [0, 0.1) is 0 Å². The van der Waals surface area contributed by atoms with Crippen molar-refractivity contribution in [2.24, 2.45) is 0 Å². The number of halogens is 2. The van der Waals surface area contributed by atoms with E-state index in [9.17, 15) is 10.0 Å². The molecule has 0 aliphatic carbocycles. The number of hydrogen-bond donors (Lipinski definition) is 2. The predicted octanol–water partition coefficient (Wildman–Crippen LogP) is 12.1. The topological polar surface area (TPSA) is 40.5 Å². The number of benzene rings is 6. The smallest absolute Gasteiger partial charge is 0.423 e. The first kappa shape index (κ1) is 35.9. The fourth-order valence-corrected chi connectivity index (χ4v) is 9.35. The Labute approximate surface area is 314 Å². The van der Waals surface area contributed by atoms with Gasteiger partial charge in [0, 0.05) is 36.8 Å². The van der Waals surface area contributed by atoms with Crippen LogP contribution >= 0.6 is 38.6 Å². The summed E-state index contributed by atoms with van der Waals surface area (Å²) < 4.78 is 1.74. The zero-order valence-electron chi connectivity index (χ0n) is 27.4. The number of thiophene rings is 2. The van der Waals surface area contributed by atoms with Crippen molar-refractivity contribution in [2.45, 2.75) is 0 Å². The molecule has 0 saturated heterocycles. The summed E-state index contributed by atoms with van der Waals surface area (Å²) in [5.41, 5.74) is 11.3. The maximum atomic E-state index is 10.1. The third-order valence-electron chi connectivity index (χ3n) is 8.36. The second-order valence-corrected chi connectivity index (χ2v) is 15.0. The molecule has 7 heteroatoms. The van der Waals surface area contributed by atoms with Crippen LogP contribution in [0.25, 0.3) is 65.4 Å². The van der Waals surface area contributed by atoms with Gasteiger partial charge in [-0.15, -0.1) is 22.7 Å². The highest BCUT2D eigenvalue weighted by Crippen LogP contribution is 2.50. The molecule has 8 rings (SSSR count). The molecule has 250 valence electrons. The average molecular weight is 768 g/mol. The normalized spacial score (nSPS) is 10.5. The van der Waals surface area contributed by atoms with Crippen molar-refractivity contribution >= 4 is 50.5 Å². The Balaban J connectivity index is 0.000000173. The summed E-state index contributed by atoms with van der Waals surface area (Å²) in [4.78, 5) is 2.34. The molecule has 0 aliphatic heterocycles. The summed E-state index contributed by atoms with van der Waals surface area (Å²) in [5.74, 6) is 0. The highest BCUT2D eigenvalue weighted by Gasteiger charge is 2.28. The number of rotatable bonds is 7. The highest BCUT2D eigenvalue weighted by atomic mass is 79.9. The van der Waals surface area contributed by atoms with Gasteiger partial charge in [0.15, 0.2) is 0 Å². The molecule has 0 bridgehead atoms. The van der Waals surface area contributed by atoms with Crippen molar-refractivity contribution in [3.05, 3.63) is 186 Å². The van der Waals surface area contributed by atoms with Crippen molar-refractivity contribution < 1.29 is 14.8 Å². The molecule has 2 N–H and O–H groups in total. The second-order valence-electron chi connectivity index (χ2n) is 11.6. The van der Waals surface area contributed by atoms with E-state index in [0.29, 0.717) is 4.78 Å². The molecule has 0 spiro atoms. The van der Waals surface area contributed by atoms with Gasteiger partial charge in [-0.3, -0.25) is 4.70 Å². The molecule has 6 aromatic carbocycles. The molecule has 0 fully saturated rings. The summed E-state index contributed by atoms with van der Waals surface area (Å²) in [6.45, 7) is 0. The highest BCUT2D eigenvalue weighted by molar-refractivity contribution is 9.11. The number of hydrogen-bond acceptors (Lipinski definition) is 4. The summed E-state index contributed by atoms with van der Waals surface area (Å²) in [7, 11) is -1.52. The summed E-state index contributed by atoms with van der Waals surface area (Å²) in [6, 6.07) is 62.0. The fourth-order valence-electron chi connectivity index (χ4n) is 6.13. The molecule has 0 unspecified atom stereocenters. The van der Waals surface area contributed by atoms with E-state index in [1.165, 1.54) is 47.8 Å². The molecule has 2 nitrogen and oxygen atoms in total. The van der Waals surface area contributed by atoms with Crippen LogP contribution in [-0.2, 0) is 0 Å². The standard InChI is InChI=1S/C22H17BO2S.C22H15BrS.FH/c24-23(25)22-20(17-12-6-2-7-13-17)19(16-10-4-1-5-11-16)21(26-22)18-14-8-3-9-15-18;23-22-20(17-12-6-2-7-13-17)19(16-10-4-1-5-11-16)21(24-22)18-14-8-3-9-15-18;/h1-15,24-25H;1-15H;1H. The summed E-state index contributed by atoms with van der Waals surface area (Å²) in [5, 5.41) is 20.1. The van der Waals surface area contributed by atoms with Gasteiger partial charge in [0.1, 0.15) is 0 Å². The first-order valence-electron chi connectivity index (χ1n) is 16.3. The SMILES string of the molecule is Brc1sc(-c2ccccc2)c(-c2ccccc2)c1-c1ccccc1.F.OB(O)c1sc(-c2ccccc2)c(-c2ccccc2)c1-c1ccccc1. The summed E-state index contributed by atoms with van der Waals surface area (Å²) >= 11 is 7.06. The molecule has 2 heterocycles. The Morgan fingerprint density at radius 2 is 0.627 bits per heavy atom. The molecule has 0 aliphatic rings. The molecule has 0 saturated carbocycles. The zero-order valence-corrected chi connectivity index (χ0v) is 30.6. The average Bonchev–Trinajstić information content (AvgIpc) is 3.76. The Morgan fingerprint density at radius 3 is 0.980 bits per heavy atom. The van der Waals surface area contributed by atoms with E-state index in [4.69, 9.17) is 0 Å². The molecule has 2 aromatic heterocycles. The first-order chi connectivity index (χ1) is 24.6. The first-order valence-corrected chi connectivity index (χ1v) is 18.7. The molecule has 51 heavy (non-hydrogen) atoms. The Hall–Kier alpha value is -4.89. The van der Waals surface area contributed by atoms with Gasteiger partial charge in [0.05, 0.1) is 3.79 Å². The van der Waals surface area contributed by atoms with Gasteiger partial charge >= 0.3 is 7.12 Å². The van der Waals surface area contributed by atoms with E-state index >= 15 is 0 Å². The maximum absolute atomic E-state index is 10.1. The van der Waals surface area contributed by atoms with Crippen molar-refractivity contribution in [3.8, 4) is 65.4 Å².